The van der Waals surface area contributed by atoms with E-state index in [1.807, 2.05) is 27.7 Å². The van der Waals surface area contributed by atoms with Gasteiger partial charge in [-0.3, -0.25) is 14.5 Å². The predicted octanol–water partition coefficient (Wildman–Crippen LogP) is 5.66. The van der Waals surface area contributed by atoms with Crippen LogP contribution in [-0.4, -0.2) is 45.9 Å². The van der Waals surface area contributed by atoms with E-state index >= 15 is 0 Å². The van der Waals surface area contributed by atoms with Gasteiger partial charge in [0.25, 0.3) is 5.91 Å². The number of anilines is 1. The molecule has 1 aromatic heterocycles. The van der Waals surface area contributed by atoms with E-state index in [-0.39, 0.29) is 30.1 Å². The highest BCUT2D eigenvalue weighted by Gasteiger charge is 2.32. The number of nitrogens with zero attached hydrogens (tertiary/aromatic N) is 3. The second-order valence-electron chi connectivity index (χ2n) is 7.39. The minimum atomic E-state index is -4.62. The summed E-state index contributed by atoms with van der Waals surface area (Å²) in [6.07, 6.45) is -4.13. The SMILES string of the molecule is CC.CC.CC(C)O.CN1C(=O)CC(c2cccc(NC(=O)c3ncc(C(F)(F)F)cc3Cl)c2)N=C1N. The summed E-state index contributed by atoms with van der Waals surface area (Å²) in [5, 5.41) is 10.2. The molecule has 1 unspecified atom stereocenters. The van der Waals surface area contributed by atoms with Gasteiger partial charge < -0.3 is 16.2 Å². The third-order valence-corrected chi connectivity index (χ3v) is 4.57. The van der Waals surface area contributed by atoms with Gasteiger partial charge in [0, 0.05) is 25.0 Å². The van der Waals surface area contributed by atoms with E-state index in [1.165, 1.54) is 11.9 Å². The molecule has 0 saturated heterocycles. The largest absolute Gasteiger partial charge is 0.417 e. The van der Waals surface area contributed by atoms with Crippen LogP contribution < -0.4 is 11.1 Å². The van der Waals surface area contributed by atoms with Crippen molar-refractivity contribution >= 4 is 35.1 Å². The average molecular weight is 546 g/mol. The smallest absolute Gasteiger partial charge is 0.394 e. The minimum Gasteiger partial charge on any atom is -0.394 e. The maximum absolute atomic E-state index is 12.7. The van der Waals surface area contributed by atoms with E-state index < -0.39 is 28.7 Å². The van der Waals surface area contributed by atoms with Gasteiger partial charge in [-0.2, -0.15) is 13.2 Å². The molecule has 0 radical (unpaired) electrons. The van der Waals surface area contributed by atoms with E-state index in [0.717, 1.165) is 0 Å². The van der Waals surface area contributed by atoms with Crippen LogP contribution in [0.2, 0.25) is 5.02 Å². The van der Waals surface area contributed by atoms with Gasteiger partial charge in [-0.25, -0.2) is 9.98 Å². The van der Waals surface area contributed by atoms with E-state index in [0.29, 0.717) is 23.5 Å². The molecule has 37 heavy (non-hydrogen) atoms. The fourth-order valence-corrected chi connectivity index (χ4v) is 2.94. The van der Waals surface area contributed by atoms with Crippen molar-refractivity contribution in [1.29, 1.82) is 0 Å². The molecule has 8 nitrogen and oxygen atoms in total. The number of aliphatic imine (C=N–C) groups is 1. The van der Waals surface area contributed by atoms with E-state index in [9.17, 15) is 22.8 Å². The van der Waals surface area contributed by atoms with E-state index in [1.54, 1.807) is 38.1 Å². The Morgan fingerprint density at radius 2 is 1.78 bits per heavy atom. The summed E-state index contributed by atoms with van der Waals surface area (Å²) in [4.78, 5) is 33.4. The molecule has 2 amide bonds. The van der Waals surface area contributed by atoms with Crippen molar-refractivity contribution in [1.82, 2.24) is 9.88 Å². The summed E-state index contributed by atoms with van der Waals surface area (Å²) in [7, 11) is 1.52. The molecule has 0 spiro atoms. The monoisotopic (exact) mass is 545 g/mol. The molecule has 12 heteroatoms. The van der Waals surface area contributed by atoms with Crippen molar-refractivity contribution in [2.75, 3.05) is 12.4 Å². The first-order valence-corrected chi connectivity index (χ1v) is 12.1. The predicted molar refractivity (Wildman–Crippen MR) is 140 cm³/mol. The average Bonchev–Trinajstić information content (AvgIpc) is 2.84. The number of amides is 2. The first-order valence-electron chi connectivity index (χ1n) is 11.7. The fraction of sp³-hybridized carbons (Fsp3) is 0.440. The molecule has 1 aromatic carbocycles. The Balaban J connectivity index is 0.00000145. The molecule has 0 fully saturated rings. The lowest BCUT2D eigenvalue weighted by molar-refractivity contribution is -0.137. The van der Waals surface area contributed by atoms with Crippen molar-refractivity contribution in [3.05, 3.63) is 58.4 Å². The number of guanidine groups is 1. The van der Waals surface area contributed by atoms with Gasteiger partial charge in [-0.1, -0.05) is 51.4 Å². The highest BCUT2D eigenvalue weighted by atomic mass is 35.5. The number of aromatic nitrogens is 1. The molecule has 206 valence electrons. The Bertz CT molecular complexity index is 1060. The lowest BCUT2D eigenvalue weighted by Gasteiger charge is -2.25. The number of hydrogen-bond donors (Lipinski definition) is 3. The molecule has 2 heterocycles. The molecule has 3 rings (SSSR count). The number of halogens is 4. The molecule has 2 aromatic rings. The minimum absolute atomic E-state index is 0.0847. The second-order valence-corrected chi connectivity index (χ2v) is 7.79. The number of carbonyl (C=O) groups is 2. The third kappa shape index (κ3) is 10.8. The summed E-state index contributed by atoms with van der Waals surface area (Å²) >= 11 is 5.80. The lowest BCUT2D eigenvalue weighted by atomic mass is 10.0. The van der Waals surface area contributed by atoms with Gasteiger partial charge in [0.2, 0.25) is 5.91 Å². The number of carbonyl (C=O) groups excluding carboxylic acids is 2. The molecule has 1 aliphatic heterocycles. The molecule has 0 aliphatic carbocycles. The maximum atomic E-state index is 12.7. The second kappa shape index (κ2) is 15.8. The standard InChI is InChI=1S/C18H15ClF3N5O2.C3H8O.2C2H6/c1-27-14(28)7-13(26-17(27)23)9-3-2-4-11(5-9)25-16(29)15-12(19)6-10(8-24-15)18(20,21)22;1-3(2)4;2*1-2/h2-6,8,13H,7H2,1H3,(H2,23,26)(H,25,29);3-4H,1-2H3;2*1-2H3. The zero-order chi connectivity index (χ0) is 28.9. The molecule has 1 aliphatic rings. The Morgan fingerprint density at radius 1 is 1.22 bits per heavy atom. The zero-order valence-electron chi connectivity index (χ0n) is 22.0. The Hall–Kier alpha value is -3.18. The van der Waals surface area contributed by atoms with Crippen LogP contribution in [-0.2, 0) is 11.0 Å². The van der Waals surface area contributed by atoms with Crippen LogP contribution in [0, 0.1) is 0 Å². The molecule has 4 N–H and O–H groups in total. The summed E-state index contributed by atoms with van der Waals surface area (Å²) < 4.78 is 38.1. The van der Waals surface area contributed by atoms with Crippen molar-refractivity contribution < 1.29 is 27.9 Å². The van der Waals surface area contributed by atoms with Gasteiger partial charge in [-0.05, 0) is 37.6 Å². The van der Waals surface area contributed by atoms with Gasteiger partial charge in [0.15, 0.2) is 5.96 Å². The summed E-state index contributed by atoms with van der Waals surface area (Å²) in [5.74, 6) is -0.887. The number of benzene rings is 1. The van der Waals surface area contributed by atoms with Crippen LogP contribution in [0.25, 0.3) is 0 Å². The molecular formula is C25H35ClF3N5O3. The fourth-order valence-electron chi connectivity index (χ4n) is 2.69. The van der Waals surface area contributed by atoms with Crippen molar-refractivity contribution in [2.24, 2.45) is 10.7 Å². The Morgan fingerprint density at radius 3 is 2.27 bits per heavy atom. The summed E-state index contributed by atoms with van der Waals surface area (Å²) in [6.45, 7) is 11.4. The number of hydrogen-bond acceptors (Lipinski definition) is 6. The van der Waals surface area contributed by atoms with Crippen molar-refractivity contribution in [3.8, 4) is 0 Å². The lowest BCUT2D eigenvalue weighted by Crippen LogP contribution is -2.42. The van der Waals surface area contributed by atoms with Gasteiger partial charge >= 0.3 is 6.18 Å². The molecule has 0 bridgehead atoms. The molecule has 0 saturated carbocycles. The van der Waals surface area contributed by atoms with Crippen molar-refractivity contribution in [3.63, 3.8) is 0 Å². The number of nitrogens with one attached hydrogen (secondary N) is 1. The summed E-state index contributed by atoms with van der Waals surface area (Å²) in [5.41, 5.74) is 5.31. The highest BCUT2D eigenvalue weighted by molar-refractivity contribution is 6.34. The number of alkyl halides is 3. The summed E-state index contributed by atoms with van der Waals surface area (Å²) in [6, 6.07) is 6.66. The zero-order valence-corrected chi connectivity index (χ0v) is 22.8. The Kier molecular flexibility index (Phi) is 14.5. The number of aliphatic hydroxyl groups is 1. The Labute approximate surface area is 220 Å². The topological polar surface area (TPSA) is 121 Å². The third-order valence-electron chi connectivity index (χ3n) is 4.29. The molecule has 1 atom stereocenters. The number of rotatable bonds is 3. The van der Waals surface area contributed by atoms with Crippen LogP contribution in [0.1, 0.15) is 75.6 Å². The highest BCUT2D eigenvalue weighted by Crippen LogP contribution is 2.31. The molecular weight excluding hydrogens is 511 g/mol. The van der Waals surface area contributed by atoms with Crippen LogP contribution in [0.4, 0.5) is 18.9 Å². The van der Waals surface area contributed by atoms with Gasteiger partial charge in [0.1, 0.15) is 5.69 Å². The van der Waals surface area contributed by atoms with Crippen LogP contribution in [0.15, 0.2) is 41.5 Å². The van der Waals surface area contributed by atoms with Crippen molar-refractivity contribution in [2.45, 2.75) is 66.3 Å². The number of nitrogens with two attached hydrogens (primary N) is 1. The first kappa shape index (κ1) is 33.8. The van der Waals surface area contributed by atoms with Gasteiger partial charge in [0.05, 0.1) is 23.0 Å². The van der Waals surface area contributed by atoms with Crippen LogP contribution >= 0.6 is 11.6 Å². The van der Waals surface area contributed by atoms with E-state index in [4.69, 9.17) is 22.4 Å². The first-order chi connectivity index (χ1) is 17.3. The van der Waals surface area contributed by atoms with Gasteiger partial charge in [-0.15, -0.1) is 0 Å². The maximum Gasteiger partial charge on any atom is 0.417 e. The number of pyridine rings is 1. The number of aliphatic hydroxyl groups excluding tert-OH is 1. The quantitative estimate of drug-likeness (QED) is 0.459. The normalized spacial score (nSPS) is 14.7. The van der Waals surface area contributed by atoms with E-state index in [2.05, 4.69) is 15.3 Å². The van der Waals surface area contributed by atoms with Crippen LogP contribution in [0.3, 0.4) is 0 Å². The van der Waals surface area contributed by atoms with Crippen LogP contribution in [0.5, 0.6) is 0 Å².